The maximum atomic E-state index is 13.4. The number of carbonyl (C=O) groups excluding carboxylic acids is 1. The molecular formula is C21H21FN2O3. The van der Waals surface area contributed by atoms with Crippen LogP contribution < -0.4 is 10.9 Å². The van der Waals surface area contributed by atoms with Crippen molar-refractivity contribution in [1.82, 2.24) is 4.90 Å². The predicted molar refractivity (Wildman–Crippen MR) is 103 cm³/mol. The Morgan fingerprint density at radius 1 is 1.15 bits per heavy atom. The summed E-state index contributed by atoms with van der Waals surface area (Å²) in [6.07, 6.45) is 0. The molecule has 27 heavy (non-hydrogen) atoms. The number of benzene rings is 2. The molecule has 0 aliphatic rings. The van der Waals surface area contributed by atoms with Gasteiger partial charge in [-0.3, -0.25) is 9.69 Å². The second-order valence-electron chi connectivity index (χ2n) is 6.42. The van der Waals surface area contributed by atoms with Crippen molar-refractivity contribution in [3.05, 3.63) is 75.9 Å². The quantitative estimate of drug-likeness (QED) is 0.670. The summed E-state index contributed by atoms with van der Waals surface area (Å²) >= 11 is 0. The molecule has 0 saturated heterocycles. The number of hydrogen-bond acceptors (Lipinski definition) is 4. The zero-order valence-corrected chi connectivity index (χ0v) is 15.3. The van der Waals surface area contributed by atoms with Gasteiger partial charge in [0.05, 0.1) is 0 Å². The van der Waals surface area contributed by atoms with Gasteiger partial charge in [-0.1, -0.05) is 19.1 Å². The molecule has 0 spiro atoms. The lowest BCUT2D eigenvalue weighted by molar-refractivity contribution is -0.114. The van der Waals surface area contributed by atoms with Crippen molar-refractivity contribution < 1.29 is 13.6 Å². The molecule has 2 aromatic carbocycles. The molecule has 0 aliphatic heterocycles. The van der Waals surface area contributed by atoms with Crippen molar-refractivity contribution in [2.75, 3.05) is 11.9 Å². The standard InChI is InChI=1S/C21H21FN2O3/c1-3-24(12-15-5-4-6-17(22)9-15)13-16-10-21(26)27-20-11-18(23-14(2)25)7-8-19(16)20/h4-11H,3,12-13H2,1-2H3,(H,23,25). The number of amides is 1. The van der Waals surface area contributed by atoms with Crippen molar-refractivity contribution in [3.8, 4) is 0 Å². The fraction of sp³-hybridized carbons (Fsp3) is 0.238. The molecule has 0 fully saturated rings. The number of anilines is 1. The van der Waals surface area contributed by atoms with Crippen molar-refractivity contribution in [2.45, 2.75) is 26.9 Å². The van der Waals surface area contributed by atoms with Crippen LogP contribution >= 0.6 is 0 Å². The van der Waals surface area contributed by atoms with E-state index in [0.717, 1.165) is 23.1 Å². The lowest BCUT2D eigenvalue weighted by atomic mass is 10.1. The summed E-state index contributed by atoms with van der Waals surface area (Å²) in [5, 5.41) is 3.49. The summed E-state index contributed by atoms with van der Waals surface area (Å²) in [7, 11) is 0. The first-order chi connectivity index (χ1) is 12.9. The van der Waals surface area contributed by atoms with Crippen LogP contribution in [0.1, 0.15) is 25.0 Å². The second kappa shape index (κ2) is 8.14. The van der Waals surface area contributed by atoms with Crippen LogP contribution in [0.25, 0.3) is 11.0 Å². The van der Waals surface area contributed by atoms with E-state index < -0.39 is 5.63 Å². The largest absolute Gasteiger partial charge is 0.423 e. The van der Waals surface area contributed by atoms with Gasteiger partial charge in [0.2, 0.25) is 5.91 Å². The average Bonchev–Trinajstić information content (AvgIpc) is 2.60. The smallest absolute Gasteiger partial charge is 0.336 e. The number of carbonyl (C=O) groups is 1. The third-order valence-electron chi connectivity index (χ3n) is 4.29. The van der Waals surface area contributed by atoms with E-state index in [0.29, 0.717) is 24.4 Å². The summed E-state index contributed by atoms with van der Waals surface area (Å²) in [6, 6.07) is 13.2. The molecule has 1 heterocycles. The first-order valence-electron chi connectivity index (χ1n) is 8.76. The highest BCUT2D eigenvalue weighted by molar-refractivity contribution is 5.92. The van der Waals surface area contributed by atoms with E-state index in [1.54, 1.807) is 18.2 Å². The Morgan fingerprint density at radius 3 is 2.67 bits per heavy atom. The molecule has 0 saturated carbocycles. The van der Waals surface area contributed by atoms with Crippen LogP contribution in [0, 0.1) is 5.82 Å². The first kappa shape index (κ1) is 18.8. The van der Waals surface area contributed by atoms with E-state index in [1.807, 2.05) is 19.1 Å². The van der Waals surface area contributed by atoms with Crippen molar-refractivity contribution in [3.63, 3.8) is 0 Å². The summed E-state index contributed by atoms with van der Waals surface area (Å²) in [5.41, 5.74) is 2.25. The number of hydrogen-bond donors (Lipinski definition) is 1. The van der Waals surface area contributed by atoms with Gasteiger partial charge in [-0.15, -0.1) is 0 Å². The number of nitrogens with one attached hydrogen (secondary N) is 1. The monoisotopic (exact) mass is 368 g/mol. The lowest BCUT2D eigenvalue weighted by Gasteiger charge is -2.21. The molecule has 0 radical (unpaired) electrons. The van der Waals surface area contributed by atoms with E-state index in [9.17, 15) is 14.0 Å². The Balaban J connectivity index is 1.90. The molecule has 1 amide bonds. The molecular weight excluding hydrogens is 347 g/mol. The topological polar surface area (TPSA) is 62.6 Å². The van der Waals surface area contributed by atoms with Crippen LogP contribution in [0.5, 0.6) is 0 Å². The van der Waals surface area contributed by atoms with Crippen LogP contribution in [-0.2, 0) is 17.9 Å². The number of fused-ring (bicyclic) bond motifs is 1. The van der Waals surface area contributed by atoms with E-state index in [1.165, 1.54) is 25.1 Å². The van der Waals surface area contributed by atoms with E-state index >= 15 is 0 Å². The van der Waals surface area contributed by atoms with Gasteiger partial charge >= 0.3 is 5.63 Å². The fourth-order valence-electron chi connectivity index (χ4n) is 3.06. The molecule has 1 aromatic heterocycles. The Kier molecular flexibility index (Phi) is 5.66. The van der Waals surface area contributed by atoms with Crippen LogP contribution in [0.15, 0.2) is 57.7 Å². The van der Waals surface area contributed by atoms with Crippen molar-refractivity contribution in [1.29, 1.82) is 0 Å². The van der Waals surface area contributed by atoms with Crippen molar-refractivity contribution in [2.24, 2.45) is 0 Å². The molecule has 140 valence electrons. The SMILES string of the molecule is CCN(Cc1cccc(F)c1)Cc1cc(=O)oc2cc(NC(C)=O)ccc12. The van der Waals surface area contributed by atoms with Crippen molar-refractivity contribution >= 4 is 22.6 Å². The van der Waals surface area contributed by atoms with Gasteiger partial charge in [-0.05, 0) is 41.9 Å². The van der Waals surface area contributed by atoms with Gasteiger partial charge < -0.3 is 9.73 Å². The molecule has 0 atom stereocenters. The molecule has 3 rings (SSSR count). The molecule has 1 N–H and O–H groups in total. The summed E-state index contributed by atoms with van der Waals surface area (Å²) < 4.78 is 18.7. The highest BCUT2D eigenvalue weighted by Crippen LogP contribution is 2.23. The molecule has 0 bridgehead atoms. The third-order valence-corrected chi connectivity index (χ3v) is 4.29. The maximum Gasteiger partial charge on any atom is 0.336 e. The van der Waals surface area contributed by atoms with Gasteiger partial charge in [0.15, 0.2) is 0 Å². The molecule has 0 aliphatic carbocycles. The molecule has 0 unspecified atom stereocenters. The minimum absolute atomic E-state index is 0.194. The average molecular weight is 368 g/mol. The van der Waals surface area contributed by atoms with E-state index in [4.69, 9.17) is 4.42 Å². The Labute approximate surface area is 156 Å². The third kappa shape index (κ3) is 4.80. The molecule has 6 heteroatoms. The maximum absolute atomic E-state index is 13.4. The van der Waals surface area contributed by atoms with Crippen LogP contribution in [-0.4, -0.2) is 17.4 Å². The normalized spacial score (nSPS) is 11.1. The Morgan fingerprint density at radius 2 is 1.96 bits per heavy atom. The highest BCUT2D eigenvalue weighted by Gasteiger charge is 2.12. The Bertz CT molecular complexity index is 1030. The summed E-state index contributed by atoms with van der Waals surface area (Å²) in [4.78, 5) is 25.3. The zero-order valence-electron chi connectivity index (χ0n) is 15.3. The minimum atomic E-state index is -0.445. The Hall–Kier alpha value is -2.99. The highest BCUT2D eigenvalue weighted by atomic mass is 19.1. The summed E-state index contributed by atoms with van der Waals surface area (Å²) in [5.74, 6) is -0.458. The van der Waals surface area contributed by atoms with Crippen LogP contribution in [0.3, 0.4) is 0 Å². The van der Waals surface area contributed by atoms with E-state index in [2.05, 4.69) is 10.2 Å². The first-order valence-corrected chi connectivity index (χ1v) is 8.76. The van der Waals surface area contributed by atoms with Crippen LogP contribution in [0.4, 0.5) is 10.1 Å². The lowest BCUT2D eigenvalue weighted by Crippen LogP contribution is -2.23. The van der Waals surface area contributed by atoms with Gasteiger partial charge in [0.1, 0.15) is 11.4 Å². The van der Waals surface area contributed by atoms with Gasteiger partial charge in [0, 0.05) is 43.2 Å². The molecule has 3 aromatic rings. The second-order valence-corrected chi connectivity index (χ2v) is 6.42. The fourth-order valence-corrected chi connectivity index (χ4v) is 3.06. The predicted octanol–water partition coefficient (Wildman–Crippen LogP) is 3.91. The summed E-state index contributed by atoms with van der Waals surface area (Å²) in [6.45, 7) is 5.26. The van der Waals surface area contributed by atoms with Gasteiger partial charge in [-0.25, -0.2) is 9.18 Å². The number of rotatable bonds is 6. The van der Waals surface area contributed by atoms with E-state index in [-0.39, 0.29) is 11.7 Å². The number of nitrogens with zero attached hydrogens (tertiary/aromatic N) is 1. The van der Waals surface area contributed by atoms with Gasteiger partial charge in [-0.2, -0.15) is 0 Å². The zero-order chi connectivity index (χ0) is 19.4. The number of halogens is 1. The van der Waals surface area contributed by atoms with Gasteiger partial charge in [0.25, 0.3) is 0 Å². The van der Waals surface area contributed by atoms with Crippen LogP contribution in [0.2, 0.25) is 0 Å². The molecule has 5 nitrogen and oxygen atoms in total. The minimum Gasteiger partial charge on any atom is -0.423 e.